The molecule has 3 N–H and O–H groups in total. The molecule has 14 nitrogen and oxygen atoms in total. The lowest BCUT2D eigenvalue weighted by atomic mass is 10.2. The zero-order valence-corrected chi connectivity index (χ0v) is 22.1. The molecule has 18 heteroatoms. The molecule has 4 heterocycles. The van der Waals surface area contributed by atoms with Crippen LogP contribution in [0.15, 0.2) is 47.5 Å². The number of aromatic nitrogens is 7. The Hall–Kier alpha value is -4.77. The van der Waals surface area contributed by atoms with E-state index in [1.165, 1.54) is 47.4 Å². The van der Waals surface area contributed by atoms with E-state index in [0.717, 1.165) is 4.68 Å². The summed E-state index contributed by atoms with van der Waals surface area (Å²) in [6.45, 7) is -1.12. The van der Waals surface area contributed by atoms with Gasteiger partial charge in [-0.25, -0.2) is 14.3 Å². The highest BCUT2D eigenvalue weighted by molar-refractivity contribution is 6.30. The fourth-order valence-corrected chi connectivity index (χ4v) is 4.38. The molecule has 0 radical (unpaired) electrons. The van der Waals surface area contributed by atoms with E-state index in [9.17, 15) is 37.8 Å². The molecule has 1 fully saturated rings. The van der Waals surface area contributed by atoms with Crippen LogP contribution in [0, 0.1) is 0 Å². The van der Waals surface area contributed by atoms with Crippen LogP contribution in [0.4, 0.5) is 19.1 Å². The van der Waals surface area contributed by atoms with Crippen LogP contribution in [0.3, 0.4) is 0 Å². The molecule has 0 saturated carbocycles. The number of carbonyl (C=O) groups excluding carboxylic acids is 1. The third-order valence-corrected chi connectivity index (χ3v) is 6.52. The van der Waals surface area contributed by atoms with Crippen molar-refractivity contribution in [2.24, 2.45) is 0 Å². The van der Waals surface area contributed by atoms with Crippen molar-refractivity contribution in [2.75, 3.05) is 24.5 Å². The topological polar surface area (TPSA) is 173 Å². The number of nitrogens with one attached hydrogen (secondary N) is 1. The van der Waals surface area contributed by atoms with E-state index in [1.807, 2.05) is 0 Å². The Bertz CT molecular complexity index is 1700. The van der Waals surface area contributed by atoms with Gasteiger partial charge < -0.3 is 20.4 Å². The van der Waals surface area contributed by atoms with E-state index >= 15 is 0 Å². The number of alkyl halides is 3. The molecule has 1 aliphatic heterocycles. The number of carboxylic acids is 1. The van der Waals surface area contributed by atoms with Gasteiger partial charge in [-0.1, -0.05) is 11.6 Å². The number of hydrogen-bond donors (Lipinski definition) is 3. The highest BCUT2D eigenvalue weighted by Crippen LogP contribution is 2.25. The maximum atomic E-state index is 13.3. The summed E-state index contributed by atoms with van der Waals surface area (Å²) in [5.74, 6) is -1.76. The number of pyridine rings is 1. The summed E-state index contributed by atoms with van der Waals surface area (Å²) in [5.41, 5.74) is -0.884. The van der Waals surface area contributed by atoms with Crippen LogP contribution in [0.5, 0.6) is 0 Å². The summed E-state index contributed by atoms with van der Waals surface area (Å²) in [5, 5.41) is 31.0. The fraction of sp³-hybridized carbons (Fsp3) is 0.292. The molecule has 1 aromatic carbocycles. The first-order valence-electron chi connectivity index (χ1n) is 12.3. The smallest absolute Gasteiger partial charge is 0.416 e. The van der Waals surface area contributed by atoms with Crippen LogP contribution in [-0.2, 0) is 17.9 Å². The summed E-state index contributed by atoms with van der Waals surface area (Å²) in [7, 11) is 0. The van der Waals surface area contributed by atoms with Crippen LogP contribution >= 0.6 is 11.6 Å². The van der Waals surface area contributed by atoms with Gasteiger partial charge in [0.05, 0.1) is 24.8 Å². The quantitative estimate of drug-likeness (QED) is 0.262. The molecule has 5 rings (SSSR count). The molecule has 1 saturated heterocycles. The summed E-state index contributed by atoms with van der Waals surface area (Å²) in [4.78, 5) is 47.2. The molecule has 1 amide bonds. The van der Waals surface area contributed by atoms with E-state index < -0.39 is 37.0 Å². The van der Waals surface area contributed by atoms with Crippen LogP contribution in [0.1, 0.15) is 16.2 Å². The van der Waals surface area contributed by atoms with Gasteiger partial charge in [0, 0.05) is 29.9 Å². The van der Waals surface area contributed by atoms with Crippen LogP contribution in [-0.4, -0.2) is 88.1 Å². The normalized spacial score (nSPS) is 14.6. The van der Waals surface area contributed by atoms with Crippen molar-refractivity contribution in [3.8, 4) is 17.1 Å². The number of benzene rings is 1. The summed E-state index contributed by atoms with van der Waals surface area (Å²) >= 11 is 5.93. The van der Waals surface area contributed by atoms with Crippen molar-refractivity contribution in [2.45, 2.75) is 25.4 Å². The lowest BCUT2D eigenvalue weighted by Crippen LogP contribution is -2.48. The SMILES string of the molecule is O=C1CN(c2nc(Cn3nc(-c4ccc(Cl)cc4)n(C[C@H](O)C(F)(F)F)c3=O)nn2-c2cnccc2C(=O)O)CCN1. The number of halogens is 4. The molecular formula is C24H21ClF3N9O5. The highest BCUT2D eigenvalue weighted by atomic mass is 35.5. The molecule has 1 aliphatic rings. The van der Waals surface area contributed by atoms with E-state index in [2.05, 4.69) is 25.5 Å². The number of carboxylic acid groups (broad SMARTS) is 1. The second-order valence-electron chi connectivity index (χ2n) is 9.15. The third kappa shape index (κ3) is 5.82. The minimum Gasteiger partial charge on any atom is -0.478 e. The van der Waals surface area contributed by atoms with Crippen molar-refractivity contribution in [1.29, 1.82) is 0 Å². The number of aromatic carboxylic acids is 1. The number of aliphatic hydroxyl groups excluding tert-OH is 1. The van der Waals surface area contributed by atoms with Crippen molar-refractivity contribution in [3.05, 3.63) is 69.6 Å². The van der Waals surface area contributed by atoms with Gasteiger partial charge in [0.1, 0.15) is 12.2 Å². The lowest BCUT2D eigenvalue weighted by Gasteiger charge is -2.27. The Kier molecular flexibility index (Phi) is 7.70. The van der Waals surface area contributed by atoms with Gasteiger partial charge in [0.25, 0.3) is 0 Å². The molecule has 3 aromatic heterocycles. The highest BCUT2D eigenvalue weighted by Gasteiger charge is 2.39. The summed E-state index contributed by atoms with van der Waals surface area (Å²) < 4.78 is 42.3. The molecule has 0 aliphatic carbocycles. The molecule has 1 atom stereocenters. The van der Waals surface area contributed by atoms with Crippen LogP contribution in [0.2, 0.25) is 5.02 Å². The van der Waals surface area contributed by atoms with Crippen molar-refractivity contribution in [3.63, 3.8) is 0 Å². The van der Waals surface area contributed by atoms with Gasteiger partial charge in [0.2, 0.25) is 11.9 Å². The van der Waals surface area contributed by atoms with Gasteiger partial charge in [-0.15, -0.1) is 10.2 Å². The van der Waals surface area contributed by atoms with Crippen molar-refractivity contribution < 1.29 is 33.0 Å². The predicted octanol–water partition coefficient (Wildman–Crippen LogP) is 0.947. The Labute approximate surface area is 238 Å². The fourth-order valence-electron chi connectivity index (χ4n) is 4.26. The van der Waals surface area contributed by atoms with Gasteiger partial charge in [-0.05, 0) is 30.3 Å². The zero-order chi connectivity index (χ0) is 30.2. The van der Waals surface area contributed by atoms with Crippen molar-refractivity contribution >= 4 is 29.4 Å². The van der Waals surface area contributed by atoms with Gasteiger partial charge >= 0.3 is 17.8 Å². The number of carbonyl (C=O) groups is 2. The second-order valence-corrected chi connectivity index (χ2v) is 9.58. The Morgan fingerprint density at radius 1 is 1.14 bits per heavy atom. The number of rotatable bonds is 8. The summed E-state index contributed by atoms with van der Waals surface area (Å²) in [6, 6.07) is 7.08. The lowest BCUT2D eigenvalue weighted by molar-refractivity contribution is -0.207. The monoisotopic (exact) mass is 607 g/mol. The molecule has 4 aromatic rings. The van der Waals surface area contributed by atoms with Gasteiger partial charge in [0.15, 0.2) is 17.8 Å². The molecule has 42 heavy (non-hydrogen) atoms. The molecule has 0 spiro atoms. The molecule has 220 valence electrons. The maximum Gasteiger partial charge on any atom is 0.416 e. The van der Waals surface area contributed by atoms with Crippen LogP contribution < -0.4 is 15.9 Å². The number of hydrogen-bond acceptors (Lipinski definition) is 9. The van der Waals surface area contributed by atoms with Crippen molar-refractivity contribution in [1.82, 2.24) is 39.4 Å². The van der Waals surface area contributed by atoms with Crippen LogP contribution in [0.25, 0.3) is 17.1 Å². The minimum atomic E-state index is -5.00. The molecule has 0 unspecified atom stereocenters. The van der Waals surface area contributed by atoms with E-state index in [0.29, 0.717) is 16.1 Å². The summed E-state index contributed by atoms with van der Waals surface area (Å²) in [6.07, 6.45) is -5.33. The van der Waals surface area contributed by atoms with Gasteiger partial charge in [-0.3, -0.25) is 14.3 Å². The first kappa shape index (κ1) is 28.7. The first-order valence-corrected chi connectivity index (χ1v) is 12.6. The standard InChI is InChI=1S/C24H21ClF3N9O5/c25-14-3-1-13(2-4-14)20-33-36(23(42)35(20)10-17(38)24(26,27)28)11-18-31-22(34-8-7-30-19(39)12-34)37(32-18)16-9-29-6-5-15(16)21(40)41/h1-6,9,17,38H,7-8,10-12H2,(H,30,39)(H,40,41)/t17-/m0/s1. The van der Waals surface area contributed by atoms with E-state index in [-0.39, 0.29) is 53.4 Å². The first-order chi connectivity index (χ1) is 19.9. The molecular weight excluding hydrogens is 587 g/mol. The van der Waals surface area contributed by atoms with E-state index in [1.54, 1.807) is 4.90 Å². The second kappa shape index (κ2) is 11.2. The van der Waals surface area contributed by atoms with Gasteiger partial charge in [-0.2, -0.15) is 22.8 Å². The number of aliphatic hydroxyl groups is 1. The van der Waals surface area contributed by atoms with E-state index in [4.69, 9.17) is 11.6 Å². The number of anilines is 1. The zero-order valence-electron chi connectivity index (χ0n) is 21.4. The molecule has 0 bridgehead atoms. The largest absolute Gasteiger partial charge is 0.478 e. The number of piperazine rings is 1. The number of amides is 1. The minimum absolute atomic E-state index is 0.0257. The maximum absolute atomic E-state index is 13.3. The Morgan fingerprint density at radius 3 is 2.55 bits per heavy atom. The average molecular weight is 608 g/mol. The number of nitrogens with zero attached hydrogens (tertiary/aromatic N) is 8. The Morgan fingerprint density at radius 2 is 1.88 bits per heavy atom. The average Bonchev–Trinajstić information content (AvgIpc) is 3.50. The Balaban J connectivity index is 1.60. The third-order valence-electron chi connectivity index (χ3n) is 6.26. The predicted molar refractivity (Wildman–Crippen MR) is 139 cm³/mol.